The van der Waals surface area contributed by atoms with Crippen molar-refractivity contribution in [2.75, 3.05) is 26.1 Å². The molecule has 0 saturated heterocycles. The normalized spacial score (nSPS) is 10.2. The summed E-state index contributed by atoms with van der Waals surface area (Å²) in [6, 6.07) is 13.4. The van der Waals surface area contributed by atoms with Gasteiger partial charge >= 0.3 is 17.9 Å². The highest BCUT2D eigenvalue weighted by atomic mass is 16.5. The van der Waals surface area contributed by atoms with E-state index in [-0.39, 0.29) is 22.5 Å². The van der Waals surface area contributed by atoms with Crippen LogP contribution >= 0.6 is 0 Å². The van der Waals surface area contributed by atoms with E-state index in [2.05, 4.69) is 25.1 Å². The van der Waals surface area contributed by atoms with Crippen LogP contribution in [0.1, 0.15) is 36.8 Å². The van der Waals surface area contributed by atoms with Crippen molar-refractivity contribution in [3.63, 3.8) is 0 Å². The molecule has 0 unspecified atom stereocenters. The summed E-state index contributed by atoms with van der Waals surface area (Å²) in [6.45, 7) is -0.207. The SMILES string of the molecule is COC(=O)c1cc(NC(=O)COC(=O)c2cn(Cc3ccccc3)nn2)cc(C(=O)OC)c1. The molecule has 1 heterocycles. The number of ether oxygens (including phenoxy) is 3. The van der Waals surface area contributed by atoms with Crippen molar-refractivity contribution in [1.29, 1.82) is 0 Å². The Labute approximate surface area is 188 Å². The third kappa shape index (κ3) is 6.23. The first-order valence-electron chi connectivity index (χ1n) is 9.62. The van der Waals surface area contributed by atoms with E-state index in [0.717, 1.165) is 5.56 Å². The fraction of sp³-hybridized carbons (Fsp3) is 0.182. The zero-order valence-corrected chi connectivity index (χ0v) is 17.8. The Kier molecular flexibility index (Phi) is 7.47. The van der Waals surface area contributed by atoms with E-state index >= 15 is 0 Å². The third-order valence-electron chi connectivity index (χ3n) is 4.33. The quantitative estimate of drug-likeness (QED) is 0.399. The number of aromatic nitrogens is 3. The zero-order chi connectivity index (χ0) is 23.8. The number of anilines is 1. The maximum Gasteiger partial charge on any atom is 0.361 e. The second kappa shape index (κ2) is 10.7. The van der Waals surface area contributed by atoms with Crippen LogP contribution in [0.25, 0.3) is 0 Å². The zero-order valence-electron chi connectivity index (χ0n) is 17.8. The lowest BCUT2D eigenvalue weighted by Gasteiger charge is -2.09. The smallest absolute Gasteiger partial charge is 0.361 e. The van der Waals surface area contributed by atoms with Crippen LogP contribution in [0.5, 0.6) is 0 Å². The van der Waals surface area contributed by atoms with Crippen LogP contribution in [0.15, 0.2) is 54.7 Å². The van der Waals surface area contributed by atoms with Crippen molar-refractivity contribution < 1.29 is 33.4 Å². The summed E-state index contributed by atoms with van der Waals surface area (Å²) in [6.07, 6.45) is 1.41. The van der Waals surface area contributed by atoms with E-state index in [1.54, 1.807) is 0 Å². The Morgan fingerprint density at radius 1 is 0.909 bits per heavy atom. The molecule has 3 rings (SSSR count). The van der Waals surface area contributed by atoms with Gasteiger partial charge < -0.3 is 19.5 Å². The van der Waals surface area contributed by atoms with E-state index in [4.69, 9.17) is 4.74 Å². The Bertz CT molecular complexity index is 1140. The highest BCUT2D eigenvalue weighted by Crippen LogP contribution is 2.17. The fourth-order valence-corrected chi connectivity index (χ4v) is 2.81. The maximum absolute atomic E-state index is 12.2. The summed E-state index contributed by atoms with van der Waals surface area (Å²) in [5, 5.41) is 10.1. The minimum atomic E-state index is -0.831. The molecule has 3 aromatic rings. The van der Waals surface area contributed by atoms with Gasteiger partial charge in [-0.15, -0.1) is 5.10 Å². The molecule has 0 fully saturated rings. The third-order valence-corrected chi connectivity index (χ3v) is 4.33. The fourth-order valence-electron chi connectivity index (χ4n) is 2.81. The first-order valence-corrected chi connectivity index (χ1v) is 9.62. The number of carbonyl (C=O) groups is 4. The number of carbonyl (C=O) groups excluding carboxylic acids is 4. The topological polar surface area (TPSA) is 139 Å². The molecule has 1 N–H and O–H groups in total. The first-order chi connectivity index (χ1) is 15.9. The van der Waals surface area contributed by atoms with E-state index in [0.29, 0.717) is 6.54 Å². The molecule has 11 nitrogen and oxygen atoms in total. The minimum absolute atomic E-state index is 0.0303. The van der Waals surface area contributed by atoms with Crippen molar-refractivity contribution in [3.05, 3.63) is 77.1 Å². The predicted molar refractivity (Wildman–Crippen MR) is 114 cm³/mol. The molecule has 0 aliphatic carbocycles. The van der Waals surface area contributed by atoms with Gasteiger partial charge in [0.2, 0.25) is 0 Å². The molecule has 1 aromatic heterocycles. The minimum Gasteiger partial charge on any atom is -0.465 e. The number of hydrogen-bond donors (Lipinski definition) is 1. The van der Waals surface area contributed by atoms with Gasteiger partial charge in [-0.1, -0.05) is 35.5 Å². The lowest BCUT2D eigenvalue weighted by Crippen LogP contribution is -2.21. The van der Waals surface area contributed by atoms with Crippen LogP contribution in [0.4, 0.5) is 5.69 Å². The summed E-state index contributed by atoms with van der Waals surface area (Å²) in [7, 11) is 2.36. The molecule has 11 heteroatoms. The highest BCUT2D eigenvalue weighted by Gasteiger charge is 2.17. The summed E-state index contributed by atoms with van der Waals surface area (Å²) >= 11 is 0. The van der Waals surface area contributed by atoms with Crippen molar-refractivity contribution >= 4 is 29.5 Å². The average molecular weight is 452 g/mol. The summed E-state index contributed by atoms with van der Waals surface area (Å²) < 4.78 is 15.7. The molecule has 0 aliphatic heterocycles. The van der Waals surface area contributed by atoms with Crippen molar-refractivity contribution in [3.8, 4) is 0 Å². The molecule has 0 spiro atoms. The molecule has 0 atom stereocenters. The maximum atomic E-state index is 12.2. The van der Waals surface area contributed by atoms with E-state index in [1.807, 2.05) is 30.3 Å². The Morgan fingerprint density at radius 2 is 1.55 bits per heavy atom. The van der Waals surface area contributed by atoms with Gasteiger partial charge in [0.15, 0.2) is 12.3 Å². The highest BCUT2D eigenvalue weighted by molar-refractivity contribution is 6.00. The summed E-state index contributed by atoms with van der Waals surface area (Å²) in [5.41, 5.74) is 1.10. The summed E-state index contributed by atoms with van der Waals surface area (Å²) in [5.74, 6) is -2.94. The van der Waals surface area contributed by atoms with Gasteiger partial charge in [0, 0.05) is 5.69 Å². The standard InChI is InChI=1S/C22H20N4O7/c1-31-20(28)15-8-16(21(29)32-2)10-17(9-15)23-19(27)13-33-22(30)18-12-26(25-24-18)11-14-6-4-3-5-7-14/h3-10,12H,11,13H2,1-2H3,(H,23,27). The predicted octanol–water partition coefficient (Wildman–Crippen LogP) is 1.70. The van der Waals surface area contributed by atoms with Gasteiger partial charge in [-0.2, -0.15) is 0 Å². The molecule has 0 aliphatic rings. The monoisotopic (exact) mass is 452 g/mol. The molecule has 0 radical (unpaired) electrons. The molecule has 170 valence electrons. The van der Waals surface area contributed by atoms with Crippen LogP contribution in [0, 0.1) is 0 Å². The van der Waals surface area contributed by atoms with Gasteiger partial charge in [0.25, 0.3) is 5.91 Å². The second-order valence-electron chi connectivity index (χ2n) is 6.69. The molecule has 2 aromatic carbocycles. The first kappa shape index (κ1) is 23.1. The lowest BCUT2D eigenvalue weighted by atomic mass is 10.1. The molecule has 0 saturated carbocycles. The van der Waals surface area contributed by atoms with Gasteiger partial charge in [-0.3, -0.25) is 4.79 Å². The van der Waals surface area contributed by atoms with Crippen LogP contribution < -0.4 is 5.32 Å². The van der Waals surface area contributed by atoms with E-state index in [9.17, 15) is 19.2 Å². The van der Waals surface area contributed by atoms with Crippen LogP contribution in [0.2, 0.25) is 0 Å². The summed E-state index contributed by atoms with van der Waals surface area (Å²) in [4.78, 5) is 48.1. The Hall–Kier alpha value is -4.54. The Balaban J connectivity index is 1.60. The number of rotatable bonds is 8. The second-order valence-corrected chi connectivity index (χ2v) is 6.69. The number of nitrogens with one attached hydrogen (secondary N) is 1. The number of methoxy groups -OCH3 is 2. The average Bonchev–Trinajstić information content (AvgIpc) is 3.30. The van der Waals surface area contributed by atoms with Gasteiger partial charge in [-0.25, -0.2) is 19.1 Å². The Morgan fingerprint density at radius 3 is 2.15 bits per heavy atom. The van der Waals surface area contributed by atoms with Gasteiger partial charge in [-0.05, 0) is 23.8 Å². The van der Waals surface area contributed by atoms with Crippen LogP contribution in [0.3, 0.4) is 0 Å². The van der Waals surface area contributed by atoms with Gasteiger partial charge in [0.1, 0.15) is 0 Å². The molecule has 1 amide bonds. The van der Waals surface area contributed by atoms with Crippen LogP contribution in [-0.4, -0.2) is 59.6 Å². The van der Waals surface area contributed by atoms with E-state index in [1.165, 1.54) is 43.3 Å². The number of benzene rings is 2. The van der Waals surface area contributed by atoms with E-state index < -0.39 is 30.4 Å². The number of esters is 3. The lowest BCUT2D eigenvalue weighted by molar-refractivity contribution is -0.119. The van der Waals surface area contributed by atoms with Gasteiger partial charge in [0.05, 0.1) is 38.1 Å². The number of nitrogens with zero attached hydrogens (tertiary/aromatic N) is 3. The number of hydrogen-bond acceptors (Lipinski definition) is 9. The molecule has 33 heavy (non-hydrogen) atoms. The molecular formula is C22H20N4O7. The molecule has 0 bridgehead atoms. The largest absolute Gasteiger partial charge is 0.465 e. The van der Waals surface area contributed by atoms with Crippen molar-refractivity contribution in [2.45, 2.75) is 6.54 Å². The van der Waals surface area contributed by atoms with Crippen LogP contribution in [-0.2, 0) is 25.5 Å². The molecular weight excluding hydrogens is 432 g/mol. The van der Waals surface area contributed by atoms with Crippen molar-refractivity contribution in [2.24, 2.45) is 0 Å². The number of amides is 1. The van der Waals surface area contributed by atoms with Crippen molar-refractivity contribution in [1.82, 2.24) is 15.0 Å².